The maximum atomic E-state index is 12.5. The molecular weight excluding hydrogens is 334 g/mol. The molecule has 0 aromatic carbocycles. The molecule has 23 heavy (non-hydrogen) atoms. The molecular formula is C16H30ClN3O2S. The van der Waals surface area contributed by atoms with E-state index >= 15 is 0 Å². The standard InChI is InChI=1S/C16H29N3O2S.ClH/c1-15(2,3)14(21)19-11-22-9-12(19)13(20)18-10-16(4)5-7-17-8-6-16;/h12,17H,5-11H2,1-4H3,(H,18,20);1H. The molecule has 2 rings (SSSR count). The molecule has 0 saturated carbocycles. The lowest BCUT2D eigenvalue weighted by atomic mass is 9.81. The van der Waals surface area contributed by atoms with Gasteiger partial charge in [0.05, 0.1) is 5.88 Å². The molecule has 2 heterocycles. The van der Waals surface area contributed by atoms with Gasteiger partial charge in [0.15, 0.2) is 0 Å². The summed E-state index contributed by atoms with van der Waals surface area (Å²) in [6, 6.07) is -0.318. The van der Waals surface area contributed by atoms with Crippen molar-refractivity contribution in [2.75, 3.05) is 31.3 Å². The highest BCUT2D eigenvalue weighted by Gasteiger charge is 2.39. The van der Waals surface area contributed by atoms with Crippen molar-refractivity contribution in [3.8, 4) is 0 Å². The van der Waals surface area contributed by atoms with Gasteiger partial charge in [-0.2, -0.15) is 0 Å². The van der Waals surface area contributed by atoms with Crippen LogP contribution < -0.4 is 10.6 Å². The van der Waals surface area contributed by atoms with E-state index in [1.807, 2.05) is 20.8 Å². The number of nitrogens with one attached hydrogen (secondary N) is 2. The number of piperidine rings is 1. The van der Waals surface area contributed by atoms with E-state index in [1.54, 1.807) is 16.7 Å². The topological polar surface area (TPSA) is 61.4 Å². The average molecular weight is 364 g/mol. The first-order chi connectivity index (χ1) is 10.2. The summed E-state index contributed by atoms with van der Waals surface area (Å²) in [5, 5.41) is 6.45. The number of rotatable bonds is 3. The Labute approximate surface area is 150 Å². The fraction of sp³-hybridized carbons (Fsp3) is 0.875. The molecule has 1 unspecified atom stereocenters. The first kappa shape index (κ1) is 20.6. The third-order valence-corrected chi connectivity index (χ3v) is 5.60. The number of nitrogens with zero attached hydrogens (tertiary/aromatic N) is 1. The number of carbonyl (C=O) groups is 2. The first-order valence-corrected chi connectivity index (χ1v) is 9.26. The molecule has 1 atom stereocenters. The zero-order chi connectivity index (χ0) is 16.4. The van der Waals surface area contributed by atoms with Crippen molar-refractivity contribution in [2.24, 2.45) is 10.8 Å². The van der Waals surface area contributed by atoms with Gasteiger partial charge in [0.1, 0.15) is 6.04 Å². The van der Waals surface area contributed by atoms with Gasteiger partial charge >= 0.3 is 0 Å². The van der Waals surface area contributed by atoms with Gasteiger partial charge in [-0.25, -0.2) is 0 Å². The van der Waals surface area contributed by atoms with E-state index in [9.17, 15) is 9.59 Å². The van der Waals surface area contributed by atoms with Gasteiger partial charge in [0.2, 0.25) is 11.8 Å². The molecule has 5 nitrogen and oxygen atoms in total. The Balaban J connectivity index is 0.00000264. The maximum Gasteiger partial charge on any atom is 0.243 e. The summed E-state index contributed by atoms with van der Waals surface area (Å²) in [6.07, 6.45) is 2.16. The van der Waals surface area contributed by atoms with E-state index in [1.165, 1.54) is 0 Å². The highest BCUT2D eigenvalue weighted by molar-refractivity contribution is 7.99. The normalized spacial score (nSPS) is 24.0. The van der Waals surface area contributed by atoms with Gasteiger partial charge in [-0.3, -0.25) is 9.59 Å². The quantitative estimate of drug-likeness (QED) is 0.803. The Morgan fingerprint density at radius 3 is 2.48 bits per heavy atom. The van der Waals surface area contributed by atoms with Gasteiger partial charge < -0.3 is 15.5 Å². The Bertz CT molecular complexity index is 434. The number of carbonyl (C=O) groups excluding carboxylic acids is 2. The predicted octanol–water partition coefficient (Wildman–Crippen LogP) is 1.86. The average Bonchev–Trinajstić information content (AvgIpc) is 2.93. The Hall–Kier alpha value is -0.460. The van der Waals surface area contributed by atoms with Crippen LogP contribution in [0.25, 0.3) is 0 Å². The van der Waals surface area contributed by atoms with Crippen LogP contribution in [0.3, 0.4) is 0 Å². The smallest absolute Gasteiger partial charge is 0.243 e. The van der Waals surface area contributed by atoms with E-state index < -0.39 is 5.41 Å². The summed E-state index contributed by atoms with van der Waals surface area (Å²) in [7, 11) is 0. The lowest BCUT2D eigenvalue weighted by Crippen LogP contribution is -2.52. The van der Waals surface area contributed by atoms with E-state index in [2.05, 4.69) is 17.6 Å². The van der Waals surface area contributed by atoms with Crippen LogP contribution in [0.4, 0.5) is 0 Å². The van der Waals surface area contributed by atoms with Crippen LogP contribution in [0.15, 0.2) is 0 Å². The van der Waals surface area contributed by atoms with E-state index in [-0.39, 0.29) is 35.7 Å². The van der Waals surface area contributed by atoms with Crippen LogP contribution in [0.1, 0.15) is 40.5 Å². The molecule has 2 amide bonds. The Morgan fingerprint density at radius 1 is 1.30 bits per heavy atom. The van der Waals surface area contributed by atoms with Gasteiger partial charge in [0.25, 0.3) is 0 Å². The van der Waals surface area contributed by atoms with Gasteiger partial charge in [-0.05, 0) is 31.3 Å². The summed E-state index contributed by atoms with van der Waals surface area (Å²) >= 11 is 1.66. The summed E-state index contributed by atoms with van der Waals surface area (Å²) in [5.41, 5.74) is -0.268. The predicted molar refractivity (Wildman–Crippen MR) is 97.9 cm³/mol. The molecule has 2 aliphatic rings. The van der Waals surface area contributed by atoms with Crippen LogP contribution in [0, 0.1) is 10.8 Å². The molecule has 2 saturated heterocycles. The van der Waals surface area contributed by atoms with Crippen molar-refractivity contribution in [2.45, 2.75) is 46.6 Å². The lowest BCUT2D eigenvalue weighted by Gasteiger charge is -2.35. The molecule has 0 spiro atoms. The monoisotopic (exact) mass is 363 g/mol. The molecule has 134 valence electrons. The van der Waals surface area contributed by atoms with E-state index in [4.69, 9.17) is 0 Å². The minimum Gasteiger partial charge on any atom is -0.354 e. The van der Waals surface area contributed by atoms with Crippen LogP contribution in [0.5, 0.6) is 0 Å². The van der Waals surface area contributed by atoms with Crippen molar-refractivity contribution in [1.29, 1.82) is 0 Å². The zero-order valence-electron chi connectivity index (χ0n) is 14.6. The molecule has 0 aromatic heterocycles. The second kappa shape index (κ2) is 8.08. The second-order valence-corrected chi connectivity index (χ2v) is 8.82. The Kier molecular flexibility index (Phi) is 7.23. The molecule has 0 aromatic rings. The van der Waals surface area contributed by atoms with E-state index in [0.29, 0.717) is 18.2 Å². The third-order valence-electron chi connectivity index (χ3n) is 4.59. The molecule has 2 aliphatic heterocycles. The number of hydrogen-bond acceptors (Lipinski definition) is 4. The summed E-state index contributed by atoms with van der Waals surface area (Å²) in [5.74, 6) is 1.38. The zero-order valence-corrected chi connectivity index (χ0v) is 16.2. The van der Waals surface area contributed by atoms with Gasteiger partial charge in [-0.15, -0.1) is 24.2 Å². The lowest BCUT2D eigenvalue weighted by molar-refractivity contribution is -0.144. The maximum absolute atomic E-state index is 12.5. The van der Waals surface area contributed by atoms with Gasteiger partial charge in [0, 0.05) is 17.7 Å². The van der Waals surface area contributed by atoms with E-state index in [0.717, 1.165) is 25.9 Å². The number of halogens is 1. The number of thioether (sulfide) groups is 1. The van der Waals surface area contributed by atoms with Crippen LogP contribution in [-0.4, -0.2) is 54.0 Å². The summed E-state index contributed by atoms with van der Waals surface area (Å²) < 4.78 is 0. The SMILES string of the molecule is CC1(CNC(=O)C2CSCN2C(=O)C(C)(C)C)CCNCC1.Cl. The van der Waals surface area contributed by atoms with Crippen molar-refractivity contribution in [3.63, 3.8) is 0 Å². The molecule has 2 N–H and O–H groups in total. The van der Waals surface area contributed by atoms with Crippen LogP contribution >= 0.6 is 24.2 Å². The van der Waals surface area contributed by atoms with Crippen LogP contribution in [0.2, 0.25) is 0 Å². The molecule has 0 aliphatic carbocycles. The molecule has 2 fully saturated rings. The number of hydrogen-bond donors (Lipinski definition) is 2. The van der Waals surface area contributed by atoms with Crippen molar-refractivity contribution < 1.29 is 9.59 Å². The fourth-order valence-electron chi connectivity index (χ4n) is 2.92. The highest BCUT2D eigenvalue weighted by Crippen LogP contribution is 2.29. The van der Waals surface area contributed by atoms with Crippen molar-refractivity contribution >= 4 is 36.0 Å². The Morgan fingerprint density at radius 2 is 1.91 bits per heavy atom. The minimum absolute atomic E-state index is 0. The summed E-state index contributed by atoms with van der Waals surface area (Å²) in [4.78, 5) is 26.8. The first-order valence-electron chi connectivity index (χ1n) is 8.10. The van der Waals surface area contributed by atoms with Gasteiger partial charge in [-0.1, -0.05) is 27.7 Å². The van der Waals surface area contributed by atoms with Crippen molar-refractivity contribution in [1.82, 2.24) is 15.5 Å². The van der Waals surface area contributed by atoms with Crippen LogP contribution in [-0.2, 0) is 9.59 Å². The highest BCUT2D eigenvalue weighted by atomic mass is 35.5. The summed E-state index contributed by atoms with van der Waals surface area (Å²) in [6.45, 7) is 10.7. The number of amides is 2. The molecule has 0 bridgehead atoms. The minimum atomic E-state index is -0.440. The third kappa shape index (κ3) is 5.26. The molecule has 0 radical (unpaired) electrons. The fourth-order valence-corrected chi connectivity index (χ4v) is 4.07. The van der Waals surface area contributed by atoms with Crippen molar-refractivity contribution in [3.05, 3.63) is 0 Å². The molecule has 7 heteroatoms. The largest absolute Gasteiger partial charge is 0.354 e. The second-order valence-electron chi connectivity index (χ2n) is 7.82.